The van der Waals surface area contributed by atoms with Crippen molar-refractivity contribution < 1.29 is 4.74 Å². The molecule has 0 spiro atoms. The number of methoxy groups -OCH3 is 1. The van der Waals surface area contributed by atoms with Crippen LogP contribution in [0.2, 0.25) is 0 Å². The Labute approximate surface area is 104 Å². The fourth-order valence-corrected chi connectivity index (χ4v) is 2.07. The molecule has 0 saturated heterocycles. The van der Waals surface area contributed by atoms with Crippen LogP contribution in [0.25, 0.3) is 0 Å². The molecule has 0 saturated carbocycles. The number of anilines is 2. The fraction of sp³-hybridized carbons (Fsp3) is 0.571. The fourth-order valence-electron chi connectivity index (χ4n) is 2.07. The van der Waals surface area contributed by atoms with E-state index in [9.17, 15) is 0 Å². The van der Waals surface area contributed by atoms with Crippen molar-refractivity contribution in [2.45, 2.75) is 45.6 Å². The Hall–Kier alpha value is -1.38. The predicted octanol–water partition coefficient (Wildman–Crippen LogP) is 3.66. The van der Waals surface area contributed by atoms with Crippen molar-refractivity contribution in [1.29, 1.82) is 0 Å². The lowest BCUT2D eigenvalue weighted by atomic mass is 9.89. The third-order valence-electron chi connectivity index (χ3n) is 3.69. The average Bonchev–Trinajstić information content (AvgIpc) is 2.38. The van der Waals surface area contributed by atoms with E-state index in [1.807, 2.05) is 18.2 Å². The average molecular weight is 236 g/mol. The predicted molar refractivity (Wildman–Crippen MR) is 74.6 cm³/mol. The highest BCUT2D eigenvalue weighted by atomic mass is 16.5. The molecule has 0 aromatic heterocycles. The van der Waals surface area contributed by atoms with Crippen LogP contribution < -0.4 is 15.8 Å². The van der Waals surface area contributed by atoms with E-state index in [4.69, 9.17) is 10.5 Å². The SMILES string of the molecule is CCC(CC)(CC)Nc1cc(OC)ccc1N. The molecule has 3 nitrogen and oxygen atoms in total. The zero-order chi connectivity index (χ0) is 12.9. The topological polar surface area (TPSA) is 47.3 Å². The van der Waals surface area contributed by atoms with Gasteiger partial charge in [-0.2, -0.15) is 0 Å². The highest BCUT2D eigenvalue weighted by Gasteiger charge is 2.24. The molecule has 1 rings (SSSR count). The molecule has 3 heteroatoms. The quantitative estimate of drug-likeness (QED) is 0.741. The summed E-state index contributed by atoms with van der Waals surface area (Å²) in [5.41, 5.74) is 7.86. The molecule has 0 radical (unpaired) electrons. The largest absolute Gasteiger partial charge is 0.497 e. The van der Waals surface area contributed by atoms with Gasteiger partial charge in [-0.3, -0.25) is 0 Å². The van der Waals surface area contributed by atoms with Crippen molar-refractivity contribution in [3.05, 3.63) is 18.2 Å². The highest BCUT2D eigenvalue weighted by Crippen LogP contribution is 2.31. The van der Waals surface area contributed by atoms with Gasteiger partial charge in [0.15, 0.2) is 0 Å². The number of hydrogen-bond acceptors (Lipinski definition) is 3. The smallest absolute Gasteiger partial charge is 0.121 e. The van der Waals surface area contributed by atoms with Gasteiger partial charge in [0.05, 0.1) is 18.5 Å². The summed E-state index contributed by atoms with van der Waals surface area (Å²) in [5, 5.41) is 3.58. The van der Waals surface area contributed by atoms with Gasteiger partial charge >= 0.3 is 0 Å². The van der Waals surface area contributed by atoms with Crippen LogP contribution >= 0.6 is 0 Å². The Morgan fingerprint density at radius 2 is 1.76 bits per heavy atom. The van der Waals surface area contributed by atoms with Crippen molar-refractivity contribution in [3.63, 3.8) is 0 Å². The molecule has 0 aliphatic heterocycles. The van der Waals surface area contributed by atoms with E-state index in [1.54, 1.807) is 7.11 Å². The molecule has 3 N–H and O–H groups in total. The van der Waals surface area contributed by atoms with Gasteiger partial charge in [-0.1, -0.05) is 20.8 Å². The molecule has 0 aliphatic rings. The molecule has 0 unspecified atom stereocenters. The second kappa shape index (κ2) is 5.80. The molecule has 0 aliphatic carbocycles. The Morgan fingerprint density at radius 3 is 2.24 bits per heavy atom. The first-order valence-corrected chi connectivity index (χ1v) is 6.32. The van der Waals surface area contributed by atoms with E-state index in [0.717, 1.165) is 36.4 Å². The minimum absolute atomic E-state index is 0.125. The molecular formula is C14H24N2O. The molecule has 1 aromatic rings. The zero-order valence-corrected chi connectivity index (χ0v) is 11.3. The van der Waals surface area contributed by atoms with E-state index in [1.165, 1.54) is 0 Å². The molecule has 0 fully saturated rings. The highest BCUT2D eigenvalue weighted by molar-refractivity contribution is 5.69. The van der Waals surface area contributed by atoms with Crippen molar-refractivity contribution in [2.24, 2.45) is 0 Å². The summed E-state index contributed by atoms with van der Waals surface area (Å²) in [4.78, 5) is 0. The van der Waals surface area contributed by atoms with E-state index >= 15 is 0 Å². The van der Waals surface area contributed by atoms with Crippen LogP contribution in [0, 0.1) is 0 Å². The molecule has 0 bridgehead atoms. The van der Waals surface area contributed by atoms with Gasteiger partial charge in [-0.25, -0.2) is 0 Å². The van der Waals surface area contributed by atoms with Crippen LogP contribution in [0.15, 0.2) is 18.2 Å². The number of ether oxygens (including phenoxy) is 1. The van der Waals surface area contributed by atoms with E-state index in [2.05, 4.69) is 26.1 Å². The lowest BCUT2D eigenvalue weighted by Gasteiger charge is -2.33. The molecule has 0 atom stereocenters. The first kappa shape index (κ1) is 13.7. The molecule has 1 aromatic carbocycles. The van der Waals surface area contributed by atoms with Crippen LogP contribution in [-0.4, -0.2) is 12.6 Å². The minimum Gasteiger partial charge on any atom is -0.497 e. The number of hydrogen-bond donors (Lipinski definition) is 2. The summed E-state index contributed by atoms with van der Waals surface area (Å²) in [6.45, 7) is 6.61. The third-order valence-corrected chi connectivity index (χ3v) is 3.69. The number of benzene rings is 1. The monoisotopic (exact) mass is 236 g/mol. The second-order valence-corrected chi connectivity index (χ2v) is 4.42. The van der Waals surface area contributed by atoms with E-state index in [-0.39, 0.29) is 5.54 Å². The lowest BCUT2D eigenvalue weighted by molar-refractivity contribution is 0.411. The van der Waals surface area contributed by atoms with Crippen molar-refractivity contribution in [1.82, 2.24) is 0 Å². The molecule has 96 valence electrons. The summed E-state index contributed by atoms with van der Waals surface area (Å²) < 4.78 is 5.23. The van der Waals surface area contributed by atoms with Gasteiger partial charge in [-0.15, -0.1) is 0 Å². The summed E-state index contributed by atoms with van der Waals surface area (Å²) in [6, 6.07) is 5.73. The van der Waals surface area contributed by atoms with E-state index < -0.39 is 0 Å². The van der Waals surface area contributed by atoms with Crippen LogP contribution in [-0.2, 0) is 0 Å². The Bertz CT molecular complexity index is 351. The summed E-state index contributed by atoms with van der Waals surface area (Å²) in [6.07, 6.45) is 3.24. The summed E-state index contributed by atoms with van der Waals surface area (Å²) in [5.74, 6) is 0.832. The van der Waals surface area contributed by atoms with Crippen molar-refractivity contribution >= 4 is 11.4 Å². The third kappa shape index (κ3) is 3.05. The number of nitrogens with two attached hydrogens (primary N) is 1. The lowest BCUT2D eigenvalue weighted by Crippen LogP contribution is -2.36. The second-order valence-electron chi connectivity index (χ2n) is 4.42. The maximum atomic E-state index is 6.00. The van der Waals surface area contributed by atoms with Gasteiger partial charge < -0.3 is 15.8 Å². The van der Waals surface area contributed by atoms with E-state index in [0.29, 0.717) is 0 Å². The standard InChI is InChI=1S/C14H24N2O/c1-5-14(6-2,7-3)16-13-10-11(17-4)8-9-12(13)15/h8-10,16H,5-7,15H2,1-4H3. The number of nitrogens with one attached hydrogen (secondary N) is 1. The van der Waals surface area contributed by atoms with Gasteiger partial charge in [0.1, 0.15) is 5.75 Å². The van der Waals surface area contributed by atoms with Crippen LogP contribution in [0.1, 0.15) is 40.0 Å². The Morgan fingerprint density at radius 1 is 1.18 bits per heavy atom. The van der Waals surface area contributed by atoms with Crippen molar-refractivity contribution in [3.8, 4) is 5.75 Å². The zero-order valence-electron chi connectivity index (χ0n) is 11.3. The Kier molecular flexibility index (Phi) is 4.67. The van der Waals surface area contributed by atoms with Gasteiger partial charge in [0.25, 0.3) is 0 Å². The normalized spacial score (nSPS) is 11.3. The molecule has 0 heterocycles. The number of nitrogen functional groups attached to an aromatic ring is 1. The summed E-state index contributed by atoms with van der Waals surface area (Å²) in [7, 11) is 1.67. The number of rotatable bonds is 6. The minimum atomic E-state index is 0.125. The maximum Gasteiger partial charge on any atom is 0.121 e. The van der Waals surface area contributed by atoms with Crippen molar-refractivity contribution in [2.75, 3.05) is 18.2 Å². The van der Waals surface area contributed by atoms with Gasteiger partial charge in [0, 0.05) is 11.6 Å². The first-order valence-electron chi connectivity index (χ1n) is 6.32. The first-order chi connectivity index (χ1) is 8.10. The van der Waals surface area contributed by atoms with Gasteiger partial charge in [0.2, 0.25) is 0 Å². The van der Waals surface area contributed by atoms with Crippen LogP contribution in [0.5, 0.6) is 5.75 Å². The van der Waals surface area contributed by atoms with Crippen LogP contribution in [0.4, 0.5) is 11.4 Å². The molecule has 0 amide bonds. The Balaban J connectivity index is 2.99. The molecule has 17 heavy (non-hydrogen) atoms. The molecular weight excluding hydrogens is 212 g/mol. The summed E-state index contributed by atoms with van der Waals surface area (Å²) >= 11 is 0. The maximum absolute atomic E-state index is 6.00. The van der Waals surface area contributed by atoms with Crippen LogP contribution in [0.3, 0.4) is 0 Å². The van der Waals surface area contributed by atoms with Gasteiger partial charge in [-0.05, 0) is 31.4 Å².